The Kier molecular flexibility index (Phi) is 5.11. The van der Waals surface area contributed by atoms with E-state index in [1.54, 1.807) is 26.2 Å². The molecule has 1 aromatic rings. The van der Waals surface area contributed by atoms with Gasteiger partial charge in [0.2, 0.25) is 0 Å². The fourth-order valence-corrected chi connectivity index (χ4v) is 2.63. The molecule has 0 amide bonds. The highest BCUT2D eigenvalue weighted by atomic mass is 19.2. The molecule has 0 aliphatic heterocycles. The normalized spacial score (nSPS) is 18.1. The van der Waals surface area contributed by atoms with Gasteiger partial charge in [0.1, 0.15) is 0 Å². The fraction of sp³-hybridized carbons (Fsp3) is 0.625. The zero-order valence-electron chi connectivity index (χ0n) is 12.4. The largest absolute Gasteiger partial charge is 0.379 e. The predicted octanol–water partition coefficient (Wildman–Crippen LogP) is 3.74. The van der Waals surface area contributed by atoms with Crippen LogP contribution in [0.25, 0.3) is 0 Å². The molecule has 0 radical (unpaired) electrons. The molecule has 1 aliphatic rings. The zero-order chi connectivity index (χ0) is 14.7. The van der Waals surface area contributed by atoms with Crippen molar-refractivity contribution < 1.29 is 13.5 Å². The fourth-order valence-electron chi connectivity index (χ4n) is 2.63. The molecule has 0 heterocycles. The lowest BCUT2D eigenvalue weighted by atomic mass is 9.96. The van der Waals surface area contributed by atoms with Crippen LogP contribution in [0.2, 0.25) is 0 Å². The summed E-state index contributed by atoms with van der Waals surface area (Å²) in [6.07, 6.45) is 3.03. The molecule has 2 atom stereocenters. The van der Waals surface area contributed by atoms with Crippen LogP contribution in [0.1, 0.15) is 43.4 Å². The Hall–Kier alpha value is -1.00. The third kappa shape index (κ3) is 3.18. The summed E-state index contributed by atoms with van der Waals surface area (Å²) in [5.74, 6) is -1.06. The predicted molar refractivity (Wildman–Crippen MR) is 75.7 cm³/mol. The van der Waals surface area contributed by atoms with E-state index < -0.39 is 11.6 Å². The van der Waals surface area contributed by atoms with Crippen LogP contribution in [0, 0.1) is 24.5 Å². The maximum Gasteiger partial charge on any atom is 0.163 e. The Labute approximate surface area is 119 Å². The van der Waals surface area contributed by atoms with Gasteiger partial charge in [-0.3, -0.25) is 0 Å². The Morgan fingerprint density at radius 1 is 1.30 bits per heavy atom. The minimum atomic E-state index is -0.753. The average Bonchev–Trinajstić information content (AvgIpc) is 3.26. The van der Waals surface area contributed by atoms with Crippen LogP contribution in [-0.4, -0.2) is 19.8 Å². The third-order valence-corrected chi connectivity index (χ3v) is 3.94. The SMILES string of the molecule is CCCNC(c1ccc(C)c(F)c1F)C(OC)C1CC1. The highest BCUT2D eigenvalue weighted by molar-refractivity contribution is 5.29. The highest BCUT2D eigenvalue weighted by Gasteiger charge is 2.38. The van der Waals surface area contributed by atoms with Crippen molar-refractivity contribution in [2.75, 3.05) is 13.7 Å². The quantitative estimate of drug-likeness (QED) is 0.823. The second kappa shape index (κ2) is 6.64. The van der Waals surface area contributed by atoms with E-state index in [4.69, 9.17) is 4.74 Å². The first-order chi connectivity index (χ1) is 9.60. The lowest BCUT2D eigenvalue weighted by Gasteiger charge is -2.28. The number of rotatable bonds is 7. The number of aryl methyl sites for hydroxylation is 1. The molecule has 1 aliphatic carbocycles. The van der Waals surface area contributed by atoms with E-state index in [0.717, 1.165) is 25.8 Å². The first-order valence-electron chi connectivity index (χ1n) is 7.30. The van der Waals surface area contributed by atoms with E-state index in [-0.39, 0.29) is 12.1 Å². The van der Waals surface area contributed by atoms with E-state index in [1.807, 2.05) is 0 Å². The molecule has 2 nitrogen and oxygen atoms in total. The first-order valence-corrected chi connectivity index (χ1v) is 7.30. The number of methoxy groups -OCH3 is 1. The van der Waals surface area contributed by atoms with Crippen LogP contribution in [0.3, 0.4) is 0 Å². The maximum atomic E-state index is 14.2. The van der Waals surface area contributed by atoms with E-state index in [9.17, 15) is 8.78 Å². The van der Waals surface area contributed by atoms with Crippen molar-refractivity contribution in [3.8, 4) is 0 Å². The van der Waals surface area contributed by atoms with Crippen LogP contribution in [0.5, 0.6) is 0 Å². The monoisotopic (exact) mass is 283 g/mol. The summed E-state index contributed by atoms with van der Waals surface area (Å²) in [6.45, 7) is 4.38. The van der Waals surface area contributed by atoms with Crippen LogP contribution in [-0.2, 0) is 4.74 Å². The highest BCUT2D eigenvalue weighted by Crippen LogP contribution is 2.40. The van der Waals surface area contributed by atoms with Gasteiger partial charge in [-0.05, 0) is 44.2 Å². The Bertz CT molecular complexity index is 460. The summed E-state index contributed by atoms with van der Waals surface area (Å²) < 4.78 is 33.6. The summed E-state index contributed by atoms with van der Waals surface area (Å²) >= 11 is 0. The van der Waals surface area contributed by atoms with Gasteiger partial charge >= 0.3 is 0 Å². The average molecular weight is 283 g/mol. The Balaban J connectivity index is 2.32. The molecule has 0 aromatic heterocycles. The summed E-state index contributed by atoms with van der Waals surface area (Å²) in [6, 6.07) is 3.02. The van der Waals surface area contributed by atoms with Crippen molar-refractivity contribution in [3.63, 3.8) is 0 Å². The molecule has 1 fully saturated rings. The van der Waals surface area contributed by atoms with Gasteiger partial charge in [0.15, 0.2) is 11.6 Å². The van der Waals surface area contributed by atoms with Gasteiger partial charge in [-0.2, -0.15) is 0 Å². The van der Waals surface area contributed by atoms with Crippen molar-refractivity contribution in [3.05, 3.63) is 34.9 Å². The molecular formula is C16H23F2NO. The third-order valence-electron chi connectivity index (χ3n) is 3.94. The van der Waals surface area contributed by atoms with Crippen LogP contribution in [0.15, 0.2) is 12.1 Å². The second-order valence-corrected chi connectivity index (χ2v) is 5.57. The molecular weight excluding hydrogens is 260 g/mol. The van der Waals surface area contributed by atoms with Crippen molar-refractivity contribution in [2.24, 2.45) is 5.92 Å². The molecule has 0 saturated heterocycles. The molecule has 1 N–H and O–H groups in total. The Morgan fingerprint density at radius 2 is 2.00 bits per heavy atom. The summed E-state index contributed by atoms with van der Waals surface area (Å²) in [7, 11) is 1.64. The van der Waals surface area contributed by atoms with Gasteiger partial charge in [-0.25, -0.2) is 8.78 Å². The summed E-state index contributed by atoms with van der Waals surface area (Å²) in [5.41, 5.74) is 0.709. The van der Waals surface area contributed by atoms with Crippen molar-refractivity contribution in [2.45, 2.75) is 45.3 Å². The molecule has 20 heavy (non-hydrogen) atoms. The number of ether oxygens (including phenoxy) is 1. The van der Waals surface area contributed by atoms with Gasteiger partial charge in [-0.1, -0.05) is 19.1 Å². The van der Waals surface area contributed by atoms with Gasteiger partial charge in [0.25, 0.3) is 0 Å². The number of benzene rings is 1. The number of hydrogen-bond donors (Lipinski definition) is 1. The number of nitrogens with one attached hydrogen (secondary N) is 1. The topological polar surface area (TPSA) is 21.3 Å². The van der Waals surface area contributed by atoms with E-state index >= 15 is 0 Å². The molecule has 0 spiro atoms. The van der Waals surface area contributed by atoms with Gasteiger partial charge in [0.05, 0.1) is 12.1 Å². The minimum absolute atomic E-state index is 0.0989. The van der Waals surface area contributed by atoms with Crippen LogP contribution >= 0.6 is 0 Å². The van der Waals surface area contributed by atoms with Crippen molar-refractivity contribution in [1.82, 2.24) is 5.32 Å². The molecule has 1 aromatic carbocycles. The summed E-state index contributed by atoms with van der Waals surface area (Å²) in [4.78, 5) is 0. The van der Waals surface area contributed by atoms with E-state index in [2.05, 4.69) is 12.2 Å². The minimum Gasteiger partial charge on any atom is -0.379 e. The van der Waals surface area contributed by atoms with Crippen molar-refractivity contribution in [1.29, 1.82) is 0 Å². The van der Waals surface area contributed by atoms with Gasteiger partial charge in [0, 0.05) is 12.7 Å². The smallest absolute Gasteiger partial charge is 0.163 e. The first kappa shape index (κ1) is 15.4. The van der Waals surface area contributed by atoms with Gasteiger partial charge in [-0.15, -0.1) is 0 Å². The molecule has 4 heteroatoms. The number of hydrogen-bond acceptors (Lipinski definition) is 2. The zero-order valence-corrected chi connectivity index (χ0v) is 12.4. The molecule has 2 unspecified atom stereocenters. The molecule has 0 bridgehead atoms. The lowest BCUT2D eigenvalue weighted by Crippen LogP contribution is -2.36. The van der Waals surface area contributed by atoms with Gasteiger partial charge < -0.3 is 10.1 Å². The van der Waals surface area contributed by atoms with Crippen LogP contribution < -0.4 is 5.32 Å². The second-order valence-electron chi connectivity index (χ2n) is 5.57. The van der Waals surface area contributed by atoms with E-state index in [1.165, 1.54) is 0 Å². The molecule has 1 saturated carbocycles. The van der Waals surface area contributed by atoms with E-state index in [0.29, 0.717) is 17.0 Å². The standard InChI is InChI=1S/C16H23F2NO/c1-4-9-19-15(16(20-3)11-6-7-11)12-8-5-10(2)13(17)14(12)18/h5,8,11,15-16,19H,4,6-7,9H2,1-3H3. The number of halogens is 2. The maximum absolute atomic E-state index is 14.2. The Morgan fingerprint density at radius 3 is 2.55 bits per heavy atom. The lowest BCUT2D eigenvalue weighted by molar-refractivity contribution is 0.0494. The molecule has 112 valence electrons. The van der Waals surface area contributed by atoms with Crippen LogP contribution in [0.4, 0.5) is 8.78 Å². The van der Waals surface area contributed by atoms with Crippen molar-refractivity contribution >= 4 is 0 Å². The molecule has 2 rings (SSSR count). The summed E-state index contributed by atoms with van der Waals surface area (Å²) in [5, 5.41) is 3.31.